The summed E-state index contributed by atoms with van der Waals surface area (Å²) < 4.78 is 0. The van der Waals surface area contributed by atoms with E-state index in [-0.39, 0.29) is 24.4 Å². The van der Waals surface area contributed by atoms with E-state index in [4.69, 9.17) is 0 Å². The number of hydrazine groups is 1. The van der Waals surface area contributed by atoms with Gasteiger partial charge in [0.2, 0.25) is 5.91 Å². The van der Waals surface area contributed by atoms with Gasteiger partial charge >= 0.3 is 0 Å². The lowest BCUT2D eigenvalue weighted by molar-refractivity contribution is -0.676. The fraction of sp³-hybridized carbons (Fsp3) is 0.368. The zero-order valence-corrected chi connectivity index (χ0v) is 15.6. The number of thiophene rings is 1. The predicted octanol–water partition coefficient (Wildman–Crippen LogP) is 1.91. The fourth-order valence-corrected chi connectivity index (χ4v) is 3.44. The summed E-state index contributed by atoms with van der Waals surface area (Å²) in [6.07, 6.45) is 3.49. The summed E-state index contributed by atoms with van der Waals surface area (Å²) in [7, 11) is 0. The number of hydrogen-bond acceptors (Lipinski definition) is 3. The molecule has 134 valence electrons. The highest BCUT2D eigenvalue weighted by molar-refractivity contribution is 7.10. The van der Waals surface area contributed by atoms with Crippen molar-refractivity contribution in [2.75, 3.05) is 6.54 Å². The van der Waals surface area contributed by atoms with Gasteiger partial charge in [-0.2, -0.15) is 0 Å². The van der Waals surface area contributed by atoms with Gasteiger partial charge in [0.05, 0.1) is 4.88 Å². The van der Waals surface area contributed by atoms with Crippen molar-refractivity contribution >= 4 is 23.2 Å². The van der Waals surface area contributed by atoms with Gasteiger partial charge in [-0.05, 0) is 29.9 Å². The molecule has 0 saturated heterocycles. The van der Waals surface area contributed by atoms with Gasteiger partial charge in [-0.1, -0.05) is 43.7 Å². The van der Waals surface area contributed by atoms with Crippen molar-refractivity contribution in [3.8, 4) is 0 Å². The van der Waals surface area contributed by atoms with Gasteiger partial charge in [0, 0.05) is 12.5 Å². The molecule has 1 aromatic heterocycles. The summed E-state index contributed by atoms with van der Waals surface area (Å²) in [4.78, 5) is 23.9. The first-order chi connectivity index (χ1) is 12.1. The van der Waals surface area contributed by atoms with Crippen LogP contribution < -0.4 is 16.2 Å². The van der Waals surface area contributed by atoms with E-state index in [0.717, 1.165) is 6.42 Å². The maximum Gasteiger partial charge on any atom is 0.293 e. The van der Waals surface area contributed by atoms with Crippen LogP contribution in [0, 0.1) is 0 Å². The van der Waals surface area contributed by atoms with E-state index in [2.05, 4.69) is 48.1 Å². The SMILES string of the molecule is CCCCc1ccc([C@H]([NH2+]CC(=O)NNC(C)=O)c2cccs2)cc1. The minimum atomic E-state index is -0.286. The Morgan fingerprint density at radius 3 is 2.52 bits per heavy atom. The molecule has 0 spiro atoms. The van der Waals surface area contributed by atoms with Crippen molar-refractivity contribution < 1.29 is 14.9 Å². The van der Waals surface area contributed by atoms with E-state index >= 15 is 0 Å². The number of rotatable bonds is 8. The third-order valence-corrected chi connectivity index (χ3v) is 4.88. The Labute approximate surface area is 152 Å². The van der Waals surface area contributed by atoms with Crippen LogP contribution in [0.5, 0.6) is 0 Å². The monoisotopic (exact) mass is 360 g/mol. The zero-order chi connectivity index (χ0) is 18.1. The molecule has 1 heterocycles. The highest BCUT2D eigenvalue weighted by Crippen LogP contribution is 2.23. The van der Waals surface area contributed by atoms with Crippen LogP contribution in [-0.4, -0.2) is 18.4 Å². The lowest BCUT2D eigenvalue weighted by atomic mass is 10.0. The van der Waals surface area contributed by atoms with Crippen LogP contribution in [0.4, 0.5) is 0 Å². The van der Waals surface area contributed by atoms with E-state index < -0.39 is 0 Å². The number of hydrogen-bond donors (Lipinski definition) is 3. The number of aryl methyl sites for hydroxylation is 1. The predicted molar refractivity (Wildman–Crippen MR) is 100.0 cm³/mol. The average Bonchev–Trinajstić information content (AvgIpc) is 3.13. The number of carbonyl (C=O) groups excluding carboxylic acids is 2. The highest BCUT2D eigenvalue weighted by atomic mass is 32.1. The minimum Gasteiger partial charge on any atom is -0.328 e. The van der Waals surface area contributed by atoms with Crippen molar-refractivity contribution in [1.82, 2.24) is 10.9 Å². The first-order valence-electron chi connectivity index (χ1n) is 8.61. The third-order valence-electron chi connectivity index (χ3n) is 3.92. The van der Waals surface area contributed by atoms with Gasteiger partial charge in [-0.25, -0.2) is 0 Å². The van der Waals surface area contributed by atoms with Crippen LogP contribution >= 0.6 is 11.3 Å². The second-order valence-electron chi connectivity index (χ2n) is 6.01. The molecule has 1 atom stereocenters. The Bertz CT molecular complexity index is 668. The van der Waals surface area contributed by atoms with Gasteiger partial charge in [0.25, 0.3) is 5.91 Å². The van der Waals surface area contributed by atoms with E-state index in [1.54, 1.807) is 11.3 Å². The van der Waals surface area contributed by atoms with E-state index in [9.17, 15) is 9.59 Å². The molecule has 2 rings (SSSR count). The van der Waals surface area contributed by atoms with Crippen LogP contribution in [0.25, 0.3) is 0 Å². The van der Waals surface area contributed by atoms with Gasteiger partial charge in [-0.15, -0.1) is 11.3 Å². The third kappa shape index (κ3) is 6.32. The van der Waals surface area contributed by atoms with Crippen molar-refractivity contribution in [1.29, 1.82) is 0 Å². The number of benzene rings is 1. The van der Waals surface area contributed by atoms with Gasteiger partial charge in [0.15, 0.2) is 6.54 Å². The topological polar surface area (TPSA) is 74.8 Å². The minimum absolute atomic E-state index is 0.0725. The Balaban J connectivity index is 2.04. The standard InChI is InChI=1S/C19H25N3O2S/c1-3-4-6-15-8-10-16(11-9-15)19(17-7-5-12-25-17)20-13-18(24)22-21-14(2)23/h5,7-12,19-20H,3-4,6,13H2,1-2H3,(H,21,23)(H,22,24)/p+1/t19-/m0/s1. The number of nitrogens with one attached hydrogen (secondary N) is 2. The number of amides is 2. The summed E-state index contributed by atoms with van der Waals surface area (Å²) in [5.41, 5.74) is 7.24. The average molecular weight is 361 g/mol. The molecule has 0 saturated carbocycles. The molecule has 2 aromatic rings. The van der Waals surface area contributed by atoms with Crippen LogP contribution in [0.3, 0.4) is 0 Å². The molecule has 6 heteroatoms. The van der Waals surface area contributed by atoms with E-state index in [0.29, 0.717) is 0 Å². The van der Waals surface area contributed by atoms with E-state index in [1.165, 1.54) is 35.8 Å². The van der Waals surface area contributed by atoms with E-state index in [1.807, 2.05) is 16.8 Å². The first-order valence-corrected chi connectivity index (χ1v) is 9.49. The Kier molecular flexibility index (Phi) is 7.63. The van der Waals surface area contributed by atoms with Gasteiger partial charge in [0.1, 0.15) is 6.04 Å². The molecule has 2 amide bonds. The molecular formula is C19H26N3O2S+. The largest absolute Gasteiger partial charge is 0.328 e. The smallest absolute Gasteiger partial charge is 0.293 e. The van der Waals surface area contributed by atoms with Crippen molar-refractivity contribution in [3.05, 3.63) is 57.8 Å². The van der Waals surface area contributed by atoms with Crippen molar-refractivity contribution in [2.45, 2.75) is 39.2 Å². The molecule has 0 radical (unpaired) electrons. The second kappa shape index (κ2) is 9.96. The molecule has 1 aromatic carbocycles. The van der Waals surface area contributed by atoms with Gasteiger partial charge < -0.3 is 5.32 Å². The number of quaternary nitrogens is 1. The summed E-state index contributed by atoms with van der Waals surface area (Å²) in [6.45, 7) is 3.79. The van der Waals surface area contributed by atoms with Crippen LogP contribution in [0.15, 0.2) is 41.8 Å². The van der Waals surface area contributed by atoms with Crippen molar-refractivity contribution in [2.24, 2.45) is 0 Å². The Morgan fingerprint density at radius 2 is 1.92 bits per heavy atom. The molecule has 0 aliphatic carbocycles. The van der Waals surface area contributed by atoms with Crippen LogP contribution in [0.2, 0.25) is 0 Å². The molecule has 5 nitrogen and oxygen atoms in total. The number of carbonyl (C=O) groups is 2. The number of nitrogens with two attached hydrogens (primary N) is 1. The highest BCUT2D eigenvalue weighted by Gasteiger charge is 2.20. The molecule has 0 aliphatic rings. The van der Waals surface area contributed by atoms with Crippen molar-refractivity contribution in [3.63, 3.8) is 0 Å². The lowest BCUT2D eigenvalue weighted by Gasteiger charge is -2.15. The maximum absolute atomic E-state index is 11.9. The summed E-state index contributed by atoms with van der Waals surface area (Å²) in [6, 6.07) is 12.8. The molecule has 0 bridgehead atoms. The lowest BCUT2D eigenvalue weighted by Crippen LogP contribution is -2.88. The van der Waals surface area contributed by atoms with Crippen LogP contribution in [-0.2, 0) is 16.0 Å². The Morgan fingerprint density at radius 1 is 1.16 bits per heavy atom. The molecule has 25 heavy (non-hydrogen) atoms. The fourth-order valence-electron chi connectivity index (χ4n) is 2.59. The van der Waals surface area contributed by atoms with Crippen LogP contribution in [0.1, 0.15) is 48.7 Å². The molecule has 4 N–H and O–H groups in total. The number of unbranched alkanes of at least 4 members (excludes halogenated alkanes) is 1. The first kappa shape index (κ1) is 19.1. The summed E-state index contributed by atoms with van der Waals surface area (Å²) in [5.74, 6) is -0.512. The second-order valence-corrected chi connectivity index (χ2v) is 6.99. The molecule has 0 unspecified atom stereocenters. The Hall–Kier alpha value is -2.18. The molecule has 0 fully saturated rings. The normalized spacial score (nSPS) is 11.8. The summed E-state index contributed by atoms with van der Waals surface area (Å²) >= 11 is 1.68. The maximum atomic E-state index is 11.9. The zero-order valence-electron chi connectivity index (χ0n) is 14.7. The molecular weight excluding hydrogens is 334 g/mol. The van der Waals surface area contributed by atoms with Gasteiger partial charge in [-0.3, -0.25) is 20.4 Å². The quantitative estimate of drug-likeness (QED) is 0.629. The molecule has 0 aliphatic heterocycles. The summed E-state index contributed by atoms with van der Waals surface area (Å²) in [5, 5.41) is 4.03.